The summed E-state index contributed by atoms with van der Waals surface area (Å²) in [4.78, 5) is 33.1. The molecule has 6 nitrogen and oxygen atoms in total. The second-order valence-electron chi connectivity index (χ2n) is 7.86. The quantitative estimate of drug-likeness (QED) is 0.361. The summed E-state index contributed by atoms with van der Waals surface area (Å²) in [5.41, 5.74) is 2.51. The molecule has 7 heteroatoms. The van der Waals surface area contributed by atoms with Crippen LogP contribution < -0.4 is 10.9 Å². The highest BCUT2D eigenvalue weighted by atomic mass is 32.2. The van der Waals surface area contributed by atoms with Crippen molar-refractivity contribution in [3.63, 3.8) is 0 Å². The average Bonchev–Trinajstić information content (AvgIpc) is 2.80. The Bertz CT molecular complexity index is 1110. The summed E-state index contributed by atoms with van der Waals surface area (Å²) in [5.74, 6) is -0.115. The predicted octanol–water partition coefficient (Wildman–Crippen LogP) is 4.56. The van der Waals surface area contributed by atoms with Crippen LogP contribution >= 0.6 is 11.8 Å². The topological polar surface area (TPSA) is 67.2 Å². The van der Waals surface area contributed by atoms with E-state index in [9.17, 15) is 9.59 Å². The summed E-state index contributed by atoms with van der Waals surface area (Å²) in [5, 5.41) is 3.74. The summed E-state index contributed by atoms with van der Waals surface area (Å²) < 4.78 is 1.73. The Morgan fingerprint density at radius 1 is 1.12 bits per heavy atom. The molecule has 170 valence electrons. The molecule has 0 fully saturated rings. The number of nitrogens with zero attached hydrogens (tertiary/aromatic N) is 3. The van der Waals surface area contributed by atoms with Crippen molar-refractivity contribution >= 4 is 34.3 Å². The monoisotopic (exact) mass is 452 g/mol. The van der Waals surface area contributed by atoms with Crippen molar-refractivity contribution in [1.29, 1.82) is 0 Å². The van der Waals surface area contributed by atoms with Crippen LogP contribution in [0.5, 0.6) is 0 Å². The summed E-state index contributed by atoms with van der Waals surface area (Å²) >= 11 is 1.33. The van der Waals surface area contributed by atoms with E-state index in [1.54, 1.807) is 4.57 Å². The van der Waals surface area contributed by atoms with Gasteiger partial charge in [-0.3, -0.25) is 14.2 Å². The van der Waals surface area contributed by atoms with Crippen LogP contribution in [0.3, 0.4) is 0 Å². The first-order chi connectivity index (χ1) is 15.4. The molecule has 1 unspecified atom stereocenters. The summed E-state index contributed by atoms with van der Waals surface area (Å²) in [6.45, 7) is 11.6. The smallest absolute Gasteiger partial charge is 0.262 e. The standard InChI is InChI=1S/C25H32N4O2S/c1-5-28(6-2)16-9-17-29-24(31)21-10-7-8-11-22(21)27-25(29)32-19(4)23(30)26-20-14-12-18(3)13-15-20/h7-8,10-15,19H,5-6,9,16-17H2,1-4H3,(H,26,30). The van der Waals surface area contributed by atoms with E-state index in [4.69, 9.17) is 4.98 Å². The van der Waals surface area contributed by atoms with Gasteiger partial charge in [-0.05, 0) is 64.2 Å². The molecule has 0 aliphatic heterocycles. The molecule has 0 saturated carbocycles. The maximum absolute atomic E-state index is 13.2. The maximum atomic E-state index is 13.2. The summed E-state index contributed by atoms with van der Waals surface area (Å²) in [6, 6.07) is 15.1. The van der Waals surface area contributed by atoms with Crippen LogP contribution in [-0.2, 0) is 11.3 Å². The Hall–Kier alpha value is -2.64. The van der Waals surface area contributed by atoms with E-state index in [2.05, 4.69) is 24.1 Å². The van der Waals surface area contributed by atoms with Crippen LogP contribution in [0.15, 0.2) is 58.5 Å². The van der Waals surface area contributed by atoms with Gasteiger partial charge in [-0.1, -0.05) is 55.4 Å². The van der Waals surface area contributed by atoms with E-state index < -0.39 is 5.25 Å². The number of hydrogen-bond donors (Lipinski definition) is 1. The molecule has 2 aromatic carbocycles. The van der Waals surface area contributed by atoms with Gasteiger partial charge in [0, 0.05) is 12.2 Å². The highest BCUT2D eigenvalue weighted by Crippen LogP contribution is 2.24. The van der Waals surface area contributed by atoms with Gasteiger partial charge < -0.3 is 10.2 Å². The first-order valence-electron chi connectivity index (χ1n) is 11.2. The second kappa shape index (κ2) is 11.3. The Kier molecular flexibility index (Phi) is 8.47. The molecule has 3 aromatic rings. The zero-order chi connectivity index (χ0) is 23.1. The highest BCUT2D eigenvalue weighted by Gasteiger charge is 2.19. The van der Waals surface area contributed by atoms with Crippen LogP contribution in [-0.4, -0.2) is 45.2 Å². The molecule has 0 bridgehead atoms. The molecule has 3 rings (SSSR count). The number of benzene rings is 2. The Morgan fingerprint density at radius 2 is 1.81 bits per heavy atom. The lowest BCUT2D eigenvalue weighted by Gasteiger charge is -2.20. The van der Waals surface area contributed by atoms with Gasteiger partial charge in [0.25, 0.3) is 5.56 Å². The number of fused-ring (bicyclic) bond motifs is 1. The maximum Gasteiger partial charge on any atom is 0.262 e. The van der Waals surface area contributed by atoms with Gasteiger partial charge in [0.05, 0.1) is 16.2 Å². The van der Waals surface area contributed by atoms with Gasteiger partial charge >= 0.3 is 0 Å². The Morgan fingerprint density at radius 3 is 2.50 bits per heavy atom. The van der Waals surface area contributed by atoms with Crippen molar-refractivity contribution in [1.82, 2.24) is 14.5 Å². The summed E-state index contributed by atoms with van der Waals surface area (Å²) in [7, 11) is 0. The first kappa shape index (κ1) is 24.0. The number of carbonyl (C=O) groups excluding carboxylic acids is 1. The number of anilines is 1. The normalized spacial score (nSPS) is 12.3. The number of hydrogen-bond acceptors (Lipinski definition) is 5. The number of thioether (sulfide) groups is 1. The molecule has 32 heavy (non-hydrogen) atoms. The van der Waals surface area contributed by atoms with Crippen molar-refractivity contribution in [2.45, 2.75) is 51.1 Å². The van der Waals surface area contributed by atoms with Crippen molar-refractivity contribution in [3.8, 4) is 0 Å². The minimum absolute atomic E-state index is 0.0520. The minimum atomic E-state index is -0.404. The minimum Gasteiger partial charge on any atom is -0.325 e. The summed E-state index contributed by atoms with van der Waals surface area (Å²) in [6.07, 6.45) is 0.846. The number of nitrogens with one attached hydrogen (secondary N) is 1. The zero-order valence-electron chi connectivity index (χ0n) is 19.3. The molecule has 0 aliphatic carbocycles. The fraction of sp³-hybridized carbons (Fsp3) is 0.400. The Balaban J connectivity index is 1.82. The molecule has 1 amide bonds. The van der Waals surface area contributed by atoms with Crippen molar-refractivity contribution < 1.29 is 4.79 Å². The number of para-hydroxylation sites is 1. The van der Waals surface area contributed by atoms with Crippen LogP contribution in [0.25, 0.3) is 10.9 Å². The van der Waals surface area contributed by atoms with E-state index in [0.717, 1.165) is 37.3 Å². The number of rotatable bonds is 10. The lowest BCUT2D eigenvalue weighted by Crippen LogP contribution is -2.29. The lowest BCUT2D eigenvalue weighted by atomic mass is 10.2. The second-order valence-corrected chi connectivity index (χ2v) is 9.17. The third kappa shape index (κ3) is 5.99. The van der Waals surface area contributed by atoms with Crippen molar-refractivity contribution in [2.24, 2.45) is 0 Å². The SMILES string of the molecule is CCN(CC)CCCn1c(SC(C)C(=O)Nc2ccc(C)cc2)nc2ccccc2c1=O. The molecule has 0 spiro atoms. The molecule has 0 aliphatic rings. The highest BCUT2D eigenvalue weighted by molar-refractivity contribution is 8.00. The van der Waals surface area contributed by atoms with Crippen LogP contribution in [0.4, 0.5) is 5.69 Å². The van der Waals surface area contributed by atoms with Gasteiger partial charge in [-0.15, -0.1) is 0 Å². The molecular formula is C25H32N4O2S. The molecule has 0 saturated heterocycles. The average molecular weight is 453 g/mol. The van der Waals surface area contributed by atoms with E-state index in [1.807, 2.05) is 62.4 Å². The van der Waals surface area contributed by atoms with Crippen molar-refractivity contribution in [2.75, 3.05) is 25.0 Å². The van der Waals surface area contributed by atoms with Gasteiger partial charge in [0.2, 0.25) is 5.91 Å². The molecule has 1 heterocycles. The van der Waals surface area contributed by atoms with Crippen LogP contribution in [0.2, 0.25) is 0 Å². The fourth-order valence-electron chi connectivity index (χ4n) is 3.52. The zero-order valence-corrected chi connectivity index (χ0v) is 20.1. The molecule has 1 atom stereocenters. The molecular weight excluding hydrogens is 420 g/mol. The van der Waals surface area contributed by atoms with Gasteiger partial charge in [0.1, 0.15) is 0 Å². The van der Waals surface area contributed by atoms with Crippen LogP contribution in [0, 0.1) is 6.92 Å². The largest absolute Gasteiger partial charge is 0.325 e. The molecule has 0 radical (unpaired) electrons. The van der Waals surface area contributed by atoms with E-state index in [0.29, 0.717) is 22.6 Å². The van der Waals surface area contributed by atoms with E-state index in [1.165, 1.54) is 11.8 Å². The van der Waals surface area contributed by atoms with Gasteiger partial charge in [-0.25, -0.2) is 4.98 Å². The molecule has 1 aromatic heterocycles. The Labute approximate surface area is 194 Å². The van der Waals surface area contributed by atoms with E-state index >= 15 is 0 Å². The number of aryl methyl sites for hydroxylation is 1. The first-order valence-corrected chi connectivity index (χ1v) is 12.1. The lowest BCUT2D eigenvalue weighted by molar-refractivity contribution is -0.115. The van der Waals surface area contributed by atoms with E-state index in [-0.39, 0.29) is 11.5 Å². The van der Waals surface area contributed by atoms with Crippen LogP contribution in [0.1, 0.15) is 32.8 Å². The van der Waals surface area contributed by atoms with Gasteiger partial charge in [-0.2, -0.15) is 0 Å². The van der Waals surface area contributed by atoms with Gasteiger partial charge in [0.15, 0.2) is 5.16 Å². The fourth-order valence-corrected chi connectivity index (χ4v) is 4.45. The number of aromatic nitrogens is 2. The van der Waals surface area contributed by atoms with Crippen molar-refractivity contribution in [3.05, 3.63) is 64.4 Å². The predicted molar refractivity (Wildman–Crippen MR) is 134 cm³/mol. The third-order valence-corrected chi connectivity index (χ3v) is 6.64. The molecule has 1 N–H and O–H groups in total. The number of amides is 1. The number of carbonyl (C=O) groups is 1. The third-order valence-electron chi connectivity index (χ3n) is 5.55.